The van der Waals surface area contributed by atoms with Crippen molar-refractivity contribution in [3.05, 3.63) is 136 Å². The summed E-state index contributed by atoms with van der Waals surface area (Å²) in [7, 11) is 0. The highest BCUT2D eigenvalue weighted by atomic mass is 16.7. The van der Waals surface area contributed by atoms with Gasteiger partial charge in [0.25, 0.3) is 0 Å². The number of hydrogen-bond donors (Lipinski definition) is 4. The lowest BCUT2D eigenvalue weighted by Gasteiger charge is -2.40. The van der Waals surface area contributed by atoms with Gasteiger partial charge < -0.3 is 35.1 Å². The van der Waals surface area contributed by atoms with Crippen LogP contribution in [0.3, 0.4) is 0 Å². The molecule has 2 amide bonds. The van der Waals surface area contributed by atoms with Crippen molar-refractivity contribution in [2.24, 2.45) is 0 Å². The molecule has 2 aliphatic heterocycles. The number of hydrogen-bond acceptors (Lipinski definition) is 6. The number of imidazole rings is 1. The Labute approximate surface area is 279 Å². The van der Waals surface area contributed by atoms with Gasteiger partial charge in [-0.25, -0.2) is 9.59 Å². The molecule has 0 unspecified atom stereocenters. The molecule has 0 aliphatic carbocycles. The Hall–Kier alpha value is -4.74. The minimum atomic E-state index is -0.636. The molecule has 4 N–H and O–H groups in total. The SMILES string of the molecule is O=C(NCc1ccccc1)Nc1cccc([C@H]2O[C@@H](CN3CCC(n4c(=O)[nH]c5ccccc54)CC3)C[C@@H](c3ccc(CO)cc3)O2)c1. The second-order valence-corrected chi connectivity index (χ2v) is 12.6. The Morgan fingerprint density at radius 3 is 2.42 bits per heavy atom. The predicted molar refractivity (Wildman–Crippen MR) is 184 cm³/mol. The number of aliphatic hydroxyl groups is 1. The first-order valence-electron chi connectivity index (χ1n) is 16.6. The van der Waals surface area contributed by atoms with Gasteiger partial charge in [0, 0.05) is 49.9 Å². The number of nitrogens with one attached hydrogen (secondary N) is 3. The fraction of sp³-hybridized carbons (Fsp3) is 0.316. The molecule has 10 heteroatoms. The Balaban J connectivity index is 1.03. The molecular formula is C38H41N5O5. The number of nitrogens with zero attached hydrogens (tertiary/aromatic N) is 2. The summed E-state index contributed by atoms with van der Waals surface area (Å²) in [5.41, 5.74) is 6.13. The maximum Gasteiger partial charge on any atom is 0.326 e. The largest absolute Gasteiger partial charge is 0.392 e. The molecule has 2 saturated heterocycles. The quantitative estimate of drug-likeness (QED) is 0.155. The molecule has 248 valence electrons. The van der Waals surface area contributed by atoms with Crippen LogP contribution in [0.2, 0.25) is 0 Å². The van der Waals surface area contributed by atoms with E-state index in [4.69, 9.17) is 9.47 Å². The van der Waals surface area contributed by atoms with Gasteiger partial charge >= 0.3 is 11.7 Å². The zero-order valence-electron chi connectivity index (χ0n) is 26.8. The number of rotatable bonds is 9. The summed E-state index contributed by atoms with van der Waals surface area (Å²) in [6.07, 6.45) is 1.47. The molecule has 2 aliphatic rings. The average molecular weight is 648 g/mol. The number of urea groups is 1. The molecule has 10 nitrogen and oxygen atoms in total. The molecule has 0 saturated carbocycles. The molecular weight excluding hydrogens is 606 g/mol. The number of amides is 2. The zero-order valence-corrected chi connectivity index (χ0v) is 26.8. The molecule has 7 rings (SSSR count). The maximum atomic E-state index is 12.8. The summed E-state index contributed by atoms with van der Waals surface area (Å²) in [4.78, 5) is 30.9. The molecule has 0 bridgehead atoms. The maximum absolute atomic E-state index is 12.8. The average Bonchev–Trinajstić information content (AvgIpc) is 3.47. The summed E-state index contributed by atoms with van der Waals surface area (Å²) >= 11 is 0. The van der Waals surface area contributed by atoms with Crippen molar-refractivity contribution in [2.45, 2.75) is 57.0 Å². The topological polar surface area (TPSA) is 121 Å². The lowest BCUT2D eigenvalue weighted by atomic mass is 9.98. The minimum absolute atomic E-state index is 0.0144. The van der Waals surface area contributed by atoms with Crippen LogP contribution in [0.5, 0.6) is 0 Å². The van der Waals surface area contributed by atoms with Crippen LogP contribution in [0, 0.1) is 0 Å². The summed E-state index contributed by atoms with van der Waals surface area (Å²) in [6, 6.07) is 32.9. The smallest absolute Gasteiger partial charge is 0.326 e. The lowest BCUT2D eigenvalue weighted by molar-refractivity contribution is -0.253. The van der Waals surface area contributed by atoms with Crippen LogP contribution in [0.25, 0.3) is 11.0 Å². The number of carbonyl (C=O) groups is 1. The Morgan fingerprint density at radius 2 is 1.62 bits per heavy atom. The van der Waals surface area contributed by atoms with E-state index in [0.29, 0.717) is 18.7 Å². The second kappa shape index (κ2) is 14.6. The van der Waals surface area contributed by atoms with E-state index in [2.05, 4.69) is 20.5 Å². The van der Waals surface area contributed by atoms with E-state index in [1.807, 2.05) is 108 Å². The number of carbonyl (C=O) groups excluding carboxylic acids is 1. The molecule has 0 radical (unpaired) electrons. The Morgan fingerprint density at radius 1 is 0.854 bits per heavy atom. The fourth-order valence-electron chi connectivity index (χ4n) is 6.83. The Kier molecular flexibility index (Phi) is 9.67. The van der Waals surface area contributed by atoms with Crippen molar-refractivity contribution in [3.8, 4) is 0 Å². The number of ether oxygens (including phenoxy) is 2. The number of likely N-dealkylation sites (tertiary alicyclic amines) is 1. The van der Waals surface area contributed by atoms with Crippen molar-refractivity contribution in [1.82, 2.24) is 19.8 Å². The van der Waals surface area contributed by atoms with Crippen LogP contribution < -0.4 is 16.3 Å². The third-order valence-electron chi connectivity index (χ3n) is 9.34. The zero-order chi connectivity index (χ0) is 32.9. The van der Waals surface area contributed by atoms with E-state index in [9.17, 15) is 14.7 Å². The highest BCUT2D eigenvalue weighted by Crippen LogP contribution is 2.39. The van der Waals surface area contributed by atoms with Crippen molar-refractivity contribution in [1.29, 1.82) is 0 Å². The van der Waals surface area contributed by atoms with Crippen molar-refractivity contribution >= 4 is 22.8 Å². The number of piperidine rings is 1. The van der Waals surface area contributed by atoms with Gasteiger partial charge in [0.1, 0.15) is 0 Å². The number of aromatic nitrogens is 2. The van der Waals surface area contributed by atoms with Gasteiger partial charge in [-0.1, -0.05) is 78.9 Å². The van der Waals surface area contributed by atoms with Gasteiger partial charge in [-0.15, -0.1) is 0 Å². The molecule has 3 heterocycles. The number of anilines is 1. The van der Waals surface area contributed by atoms with Crippen LogP contribution in [-0.4, -0.2) is 51.3 Å². The van der Waals surface area contributed by atoms with Crippen LogP contribution in [0.4, 0.5) is 10.5 Å². The van der Waals surface area contributed by atoms with Crippen molar-refractivity contribution in [3.63, 3.8) is 0 Å². The van der Waals surface area contributed by atoms with Gasteiger partial charge in [-0.3, -0.25) is 4.57 Å². The van der Waals surface area contributed by atoms with E-state index in [0.717, 1.165) is 65.8 Å². The number of H-pyrrole nitrogens is 1. The summed E-state index contributed by atoms with van der Waals surface area (Å²) < 4.78 is 15.1. The monoisotopic (exact) mass is 647 g/mol. The van der Waals surface area contributed by atoms with Crippen LogP contribution in [-0.2, 0) is 22.6 Å². The third-order valence-corrected chi connectivity index (χ3v) is 9.34. The molecule has 2 fully saturated rings. The van der Waals surface area contributed by atoms with Gasteiger partial charge in [0.05, 0.1) is 29.8 Å². The fourth-order valence-corrected chi connectivity index (χ4v) is 6.83. The predicted octanol–water partition coefficient (Wildman–Crippen LogP) is 6.03. The third kappa shape index (κ3) is 7.37. The Bertz CT molecular complexity index is 1880. The van der Waals surface area contributed by atoms with Gasteiger partial charge in [0.15, 0.2) is 6.29 Å². The van der Waals surface area contributed by atoms with Crippen molar-refractivity contribution < 1.29 is 19.4 Å². The molecule has 1 aromatic heterocycles. The molecule has 3 atom stereocenters. The van der Waals surface area contributed by atoms with Crippen molar-refractivity contribution in [2.75, 3.05) is 25.0 Å². The summed E-state index contributed by atoms with van der Waals surface area (Å²) in [5, 5.41) is 15.4. The standard InChI is InChI=1S/C38H41N5O5/c44-25-27-13-15-28(16-14-27)35-22-32(24-42-19-17-31(18-20-42)43-34-12-5-4-11-33(34)41-38(43)46)47-36(48-35)29-9-6-10-30(21-29)40-37(45)39-23-26-7-2-1-3-8-26/h1-16,21,31-32,35-36,44H,17-20,22-25H2,(H,41,46)(H2,39,40,45)/t32-,35+,36+/m1/s1. The first-order chi connectivity index (χ1) is 23.5. The number of para-hydroxylation sites is 2. The van der Waals surface area contributed by atoms with Crippen LogP contribution >= 0.6 is 0 Å². The molecule has 48 heavy (non-hydrogen) atoms. The lowest BCUT2D eigenvalue weighted by Crippen LogP contribution is -2.43. The summed E-state index contributed by atoms with van der Waals surface area (Å²) in [6.45, 7) is 2.86. The van der Waals surface area contributed by atoms with E-state index >= 15 is 0 Å². The van der Waals surface area contributed by atoms with Crippen LogP contribution in [0.1, 0.15) is 60.0 Å². The number of fused-ring (bicyclic) bond motifs is 1. The highest BCUT2D eigenvalue weighted by molar-refractivity contribution is 5.89. The summed E-state index contributed by atoms with van der Waals surface area (Å²) in [5.74, 6) is 0. The van der Waals surface area contributed by atoms with Gasteiger partial charge in [0.2, 0.25) is 0 Å². The van der Waals surface area contributed by atoms with Gasteiger partial charge in [-0.2, -0.15) is 0 Å². The van der Waals surface area contributed by atoms with E-state index in [1.54, 1.807) is 0 Å². The molecule has 5 aromatic rings. The molecule has 0 spiro atoms. The van der Waals surface area contributed by atoms with Crippen LogP contribution in [0.15, 0.2) is 108 Å². The first kappa shape index (κ1) is 31.8. The number of aromatic amines is 1. The molecule has 4 aromatic carbocycles. The first-order valence-corrected chi connectivity index (χ1v) is 16.6. The van der Waals surface area contributed by atoms with E-state index in [1.165, 1.54) is 0 Å². The minimum Gasteiger partial charge on any atom is -0.392 e. The number of aliphatic hydroxyl groups excluding tert-OH is 1. The van der Waals surface area contributed by atoms with E-state index < -0.39 is 6.29 Å². The second-order valence-electron chi connectivity index (χ2n) is 12.6. The van der Waals surface area contributed by atoms with Gasteiger partial charge in [-0.05, 0) is 53.8 Å². The number of benzene rings is 4. The van der Waals surface area contributed by atoms with E-state index in [-0.39, 0.29) is 36.6 Å². The normalized spacial score (nSPS) is 20.5. The highest BCUT2D eigenvalue weighted by Gasteiger charge is 2.34.